The van der Waals surface area contributed by atoms with Gasteiger partial charge < -0.3 is 24.9 Å². The van der Waals surface area contributed by atoms with Gasteiger partial charge in [-0.25, -0.2) is 4.98 Å². The van der Waals surface area contributed by atoms with Crippen molar-refractivity contribution in [3.63, 3.8) is 0 Å². The van der Waals surface area contributed by atoms with E-state index < -0.39 is 5.60 Å². The van der Waals surface area contributed by atoms with Crippen molar-refractivity contribution >= 4 is 11.6 Å². The molecule has 2 N–H and O–H groups in total. The normalized spacial score (nSPS) is 27.7. The molecule has 8 heteroatoms. The second-order valence-electron chi connectivity index (χ2n) is 7.07. The van der Waals surface area contributed by atoms with Gasteiger partial charge in [-0.1, -0.05) is 11.2 Å². The molecule has 1 amide bonds. The van der Waals surface area contributed by atoms with Gasteiger partial charge in [-0.2, -0.15) is 0 Å². The third-order valence-electron chi connectivity index (χ3n) is 5.09. The Balaban J connectivity index is 1.41. The summed E-state index contributed by atoms with van der Waals surface area (Å²) in [5.74, 6) is 0.483. The average molecular weight is 360 g/mol. The first-order valence-electron chi connectivity index (χ1n) is 9.05. The van der Waals surface area contributed by atoms with Crippen LogP contribution < -0.4 is 15.4 Å². The van der Waals surface area contributed by atoms with Crippen molar-refractivity contribution in [2.45, 2.75) is 49.9 Å². The van der Waals surface area contributed by atoms with Crippen molar-refractivity contribution in [3.8, 4) is 5.88 Å². The molecule has 0 bridgehead atoms. The summed E-state index contributed by atoms with van der Waals surface area (Å²) in [6, 6.07) is 4.19. The van der Waals surface area contributed by atoms with E-state index in [9.17, 15) is 4.79 Å². The molecule has 0 aromatic carbocycles. The molecule has 140 valence electrons. The van der Waals surface area contributed by atoms with Crippen molar-refractivity contribution in [1.82, 2.24) is 15.6 Å². The Hall–Kier alpha value is -2.19. The number of rotatable bonds is 6. The van der Waals surface area contributed by atoms with Gasteiger partial charge in [-0.05, 0) is 25.3 Å². The Morgan fingerprint density at radius 3 is 3.12 bits per heavy atom. The van der Waals surface area contributed by atoms with Crippen LogP contribution in [-0.2, 0) is 20.9 Å². The van der Waals surface area contributed by atoms with Gasteiger partial charge in [-0.15, -0.1) is 0 Å². The number of nitrogens with zero attached hydrogens (tertiary/aromatic N) is 2. The fourth-order valence-corrected chi connectivity index (χ4v) is 3.45. The van der Waals surface area contributed by atoms with Crippen LogP contribution in [0.25, 0.3) is 0 Å². The van der Waals surface area contributed by atoms with E-state index in [0.717, 1.165) is 24.8 Å². The van der Waals surface area contributed by atoms with E-state index in [1.807, 2.05) is 12.1 Å². The number of hydrogen-bond acceptors (Lipinski definition) is 7. The standard InChI is InChI=1S/C18H24N4O4/c1-24-17-12(3-2-7-19-17)10-20-15-6-8-25-11-18(15)9-14(22-26-18)16(23)21-13-4-5-13/h2-3,7,13,15,20H,4-6,8-11H2,1H3,(H,21,23)/t15-,18+/m0/s1. The molecule has 1 aromatic rings. The van der Waals surface area contributed by atoms with Crippen LogP contribution in [0, 0.1) is 0 Å². The van der Waals surface area contributed by atoms with Crippen molar-refractivity contribution in [3.05, 3.63) is 23.9 Å². The van der Waals surface area contributed by atoms with E-state index in [4.69, 9.17) is 14.3 Å². The second kappa shape index (κ2) is 7.20. The Morgan fingerprint density at radius 2 is 2.31 bits per heavy atom. The van der Waals surface area contributed by atoms with Gasteiger partial charge in [0.2, 0.25) is 5.88 Å². The molecular weight excluding hydrogens is 336 g/mol. The SMILES string of the molecule is COc1ncccc1CN[C@H]1CCOC[C@]12CC(C(=O)NC1CC1)=NO2. The lowest BCUT2D eigenvalue weighted by molar-refractivity contribution is -0.131. The van der Waals surface area contributed by atoms with Gasteiger partial charge in [0.1, 0.15) is 5.71 Å². The Morgan fingerprint density at radius 1 is 1.42 bits per heavy atom. The molecule has 0 unspecified atom stereocenters. The minimum absolute atomic E-state index is 0.0242. The third-order valence-corrected chi connectivity index (χ3v) is 5.09. The molecule has 1 aliphatic carbocycles. The maximum atomic E-state index is 12.3. The number of aromatic nitrogens is 1. The minimum Gasteiger partial charge on any atom is -0.481 e. The summed E-state index contributed by atoms with van der Waals surface area (Å²) >= 11 is 0. The van der Waals surface area contributed by atoms with E-state index in [-0.39, 0.29) is 11.9 Å². The molecule has 26 heavy (non-hydrogen) atoms. The number of amides is 1. The Bertz CT molecular complexity index is 706. The summed E-state index contributed by atoms with van der Waals surface area (Å²) in [5, 5.41) is 10.6. The Kier molecular flexibility index (Phi) is 4.78. The van der Waals surface area contributed by atoms with Crippen LogP contribution in [0.3, 0.4) is 0 Å². The van der Waals surface area contributed by atoms with E-state index >= 15 is 0 Å². The first-order valence-corrected chi connectivity index (χ1v) is 9.05. The molecular formula is C18H24N4O4. The molecule has 3 heterocycles. The molecule has 2 aliphatic heterocycles. The summed E-state index contributed by atoms with van der Waals surface area (Å²) in [4.78, 5) is 22.3. The highest BCUT2D eigenvalue weighted by Crippen LogP contribution is 2.33. The molecule has 1 saturated carbocycles. The van der Waals surface area contributed by atoms with Crippen LogP contribution in [0.2, 0.25) is 0 Å². The number of methoxy groups -OCH3 is 1. The fraction of sp³-hybridized carbons (Fsp3) is 0.611. The minimum atomic E-state index is -0.635. The highest BCUT2D eigenvalue weighted by atomic mass is 16.7. The molecule has 0 radical (unpaired) electrons. The molecule has 3 aliphatic rings. The molecule has 1 saturated heterocycles. The highest BCUT2D eigenvalue weighted by Gasteiger charge is 2.50. The van der Waals surface area contributed by atoms with Crippen LogP contribution in [0.15, 0.2) is 23.5 Å². The second-order valence-corrected chi connectivity index (χ2v) is 7.07. The smallest absolute Gasteiger partial charge is 0.269 e. The molecule has 2 atom stereocenters. The molecule has 2 fully saturated rings. The first-order chi connectivity index (χ1) is 12.7. The zero-order chi connectivity index (χ0) is 18.0. The van der Waals surface area contributed by atoms with Gasteiger partial charge in [0.15, 0.2) is 5.60 Å². The lowest BCUT2D eigenvalue weighted by atomic mass is 9.86. The zero-order valence-corrected chi connectivity index (χ0v) is 14.9. The lowest BCUT2D eigenvalue weighted by Gasteiger charge is -2.39. The van der Waals surface area contributed by atoms with Crippen molar-refractivity contribution in [2.24, 2.45) is 5.16 Å². The van der Waals surface area contributed by atoms with E-state index in [1.165, 1.54) is 0 Å². The molecule has 1 spiro atoms. The van der Waals surface area contributed by atoms with E-state index in [1.54, 1.807) is 13.3 Å². The monoisotopic (exact) mass is 360 g/mol. The molecule has 8 nitrogen and oxygen atoms in total. The van der Waals surface area contributed by atoms with Gasteiger partial charge >= 0.3 is 0 Å². The summed E-state index contributed by atoms with van der Waals surface area (Å²) in [7, 11) is 1.61. The van der Waals surface area contributed by atoms with Crippen molar-refractivity contribution < 1.29 is 19.1 Å². The first kappa shape index (κ1) is 17.2. The summed E-state index contributed by atoms with van der Waals surface area (Å²) in [5.41, 5.74) is 0.791. The summed E-state index contributed by atoms with van der Waals surface area (Å²) < 4.78 is 11.0. The Labute approximate surface area is 152 Å². The average Bonchev–Trinajstić information content (AvgIpc) is 3.39. The number of hydrogen-bond donors (Lipinski definition) is 2. The number of carbonyl (C=O) groups is 1. The fourth-order valence-electron chi connectivity index (χ4n) is 3.45. The highest BCUT2D eigenvalue weighted by molar-refractivity contribution is 6.39. The molecule has 1 aromatic heterocycles. The van der Waals surface area contributed by atoms with Gasteiger partial charge in [0.25, 0.3) is 5.91 Å². The van der Waals surface area contributed by atoms with Crippen LogP contribution in [0.5, 0.6) is 5.88 Å². The van der Waals surface area contributed by atoms with Crippen LogP contribution in [-0.4, -0.2) is 54.6 Å². The van der Waals surface area contributed by atoms with Gasteiger partial charge in [0, 0.05) is 37.4 Å². The predicted octanol–water partition coefficient (Wildman–Crippen LogP) is 0.762. The maximum Gasteiger partial charge on any atom is 0.269 e. The third kappa shape index (κ3) is 3.52. The summed E-state index contributed by atoms with van der Waals surface area (Å²) in [6.07, 6.45) is 5.04. The van der Waals surface area contributed by atoms with Gasteiger partial charge in [-0.3, -0.25) is 4.79 Å². The zero-order valence-electron chi connectivity index (χ0n) is 14.9. The number of oxime groups is 1. The number of nitrogens with one attached hydrogen (secondary N) is 2. The summed E-state index contributed by atoms with van der Waals surface area (Å²) in [6.45, 7) is 1.66. The van der Waals surface area contributed by atoms with Crippen molar-refractivity contribution in [2.75, 3.05) is 20.3 Å². The van der Waals surface area contributed by atoms with Crippen LogP contribution in [0.4, 0.5) is 0 Å². The van der Waals surface area contributed by atoms with Crippen LogP contribution in [0.1, 0.15) is 31.2 Å². The maximum absolute atomic E-state index is 12.3. The van der Waals surface area contributed by atoms with Crippen molar-refractivity contribution in [1.29, 1.82) is 0 Å². The predicted molar refractivity (Wildman–Crippen MR) is 93.9 cm³/mol. The van der Waals surface area contributed by atoms with Gasteiger partial charge in [0.05, 0.1) is 19.8 Å². The number of ether oxygens (including phenoxy) is 2. The van der Waals surface area contributed by atoms with E-state index in [0.29, 0.717) is 43.8 Å². The number of carbonyl (C=O) groups excluding carboxylic acids is 1. The number of pyridine rings is 1. The quantitative estimate of drug-likeness (QED) is 0.778. The molecule has 4 rings (SSSR count). The van der Waals surface area contributed by atoms with E-state index in [2.05, 4.69) is 20.8 Å². The lowest BCUT2D eigenvalue weighted by Crippen LogP contribution is -2.57. The topological polar surface area (TPSA) is 94.1 Å². The largest absolute Gasteiger partial charge is 0.481 e. The van der Waals surface area contributed by atoms with Crippen LogP contribution >= 0.6 is 0 Å².